The third-order valence-corrected chi connectivity index (χ3v) is 2.28. The summed E-state index contributed by atoms with van der Waals surface area (Å²) in [6, 6.07) is 4.58. The molecule has 1 aromatic heterocycles. The zero-order valence-corrected chi connectivity index (χ0v) is 10.1. The highest BCUT2D eigenvalue weighted by atomic mass is 16.5. The van der Waals surface area contributed by atoms with E-state index < -0.39 is 0 Å². The Kier molecular flexibility index (Phi) is 3.77. The van der Waals surface area contributed by atoms with E-state index in [1.54, 1.807) is 12.1 Å². The van der Waals surface area contributed by atoms with Crippen molar-refractivity contribution < 1.29 is 14.9 Å². The number of phenolic OH excluding ortho intramolecular Hbond substituents is 2. The Labute approximate surface area is 109 Å². The number of nitrogens with one attached hydrogen (secondary N) is 1. The number of hydrazone groups is 1. The van der Waals surface area contributed by atoms with Gasteiger partial charge in [-0.1, -0.05) is 6.07 Å². The summed E-state index contributed by atoms with van der Waals surface area (Å²) in [5.41, 5.74) is 3.01. The largest absolute Gasteiger partial charge is 0.504 e. The van der Waals surface area contributed by atoms with Gasteiger partial charge in [-0.05, 0) is 12.1 Å². The number of para-hydroxylation sites is 1. The number of aromatic nitrogens is 2. The van der Waals surface area contributed by atoms with Crippen molar-refractivity contribution in [1.82, 2.24) is 9.97 Å². The molecule has 0 radical (unpaired) electrons. The predicted octanol–water partition coefficient (Wildman–Crippen LogP) is 1.34. The second-order valence-electron chi connectivity index (χ2n) is 3.50. The molecule has 1 aromatic carbocycles. The first-order chi connectivity index (χ1) is 9.22. The minimum atomic E-state index is -0.237. The number of rotatable bonds is 4. The van der Waals surface area contributed by atoms with Gasteiger partial charge in [-0.25, -0.2) is 9.97 Å². The molecule has 2 rings (SSSR count). The third-order valence-electron chi connectivity index (χ3n) is 2.28. The monoisotopic (exact) mass is 260 g/mol. The SMILES string of the molecule is COc1nccnc1N/N=C/c1cccc(O)c1O. The Morgan fingerprint density at radius 2 is 2.05 bits per heavy atom. The van der Waals surface area contributed by atoms with E-state index in [4.69, 9.17) is 4.74 Å². The van der Waals surface area contributed by atoms with Gasteiger partial charge in [-0.15, -0.1) is 0 Å². The first-order valence-corrected chi connectivity index (χ1v) is 5.37. The van der Waals surface area contributed by atoms with E-state index in [-0.39, 0.29) is 11.5 Å². The molecule has 0 saturated carbocycles. The Hall–Kier alpha value is -2.83. The maximum atomic E-state index is 9.57. The Morgan fingerprint density at radius 1 is 1.26 bits per heavy atom. The van der Waals surface area contributed by atoms with Crippen molar-refractivity contribution in [2.75, 3.05) is 12.5 Å². The highest BCUT2D eigenvalue weighted by Crippen LogP contribution is 2.26. The Balaban J connectivity index is 2.14. The lowest BCUT2D eigenvalue weighted by molar-refractivity contribution is 0.398. The van der Waals surface area contributed by atoms with Crippen LogP contribution in [0.1, 0.15) is 5.56 Å². The van der Waals surface area contributed by atoms with E-state index in [2.05, 4.69) is 20.5 Å². The number of ether oxygens (including phenoxy) is 1. The number of hydrogen-bond donors (Lipinski definition) is 3. The molecule has 0 aliphatic rings. The zero-order valence-electron chi connectivity index (χ0n) is 10.1. The molecule has 7 nitrogen and oxygen atoms in total. The summed E-state index contributed by atoms with van der Waals surface area (Å²) < 4.78 is 4.99. The fourth-order valence-corrected chi connectivity index (χ4v) is 1.37. The average molecular weight is 260 g/mol. The summed E-state index contributed by atoms with van der Waals surface area (Å²) in [5, 5.41) is 22.8. The lowest BCUT2D eigenvalue weighted by atomic mass is 10.2. The summed E-state index contributed by atoms with van der Waals surface area (Å²) in [5.74, 6) is 0.209. The summed E-state index contributed by atoms with van der Waals surface area (Å²) in [7, 11) is 1.47. The first kappa shape index (κ1) is 12.6. The number of phenols is 2. The van der Waals surface area contributed by atoms with Crippen molar-refractivity contribution >= 4 is 12.0 Å². The van der Waals surface area contributed by atoms with Crippen LogP contribution in [0.4, 0.5) is 5.82 Å². The van der Waals surface area contributed by atoms with Crippen LogP contribution in [0.25, 0.3) is 0 Å². The molecule has 0 bridgehead atoms. The molecule has 0 aliphatic carbocycles. The molecule has 1 heterocycles. The maximum absolute atomic E-state index is 9.57. The molecule has 0 unspecified atom stereocenters. The van der Waals surface area contributed by atoms with Crippen LogP contribution in [0.2, 0.25) is 0 Å². The van der Waals surface area contributed by atoms with Gasteiger partial charge in [0.2, 0.25) is 5.82 Å². The minimum absolute atomic E-state index is 0.207. The zero-order chi connectivity index (χ0) is 13.7. The van der Waals surface area contributed by atoms with Crippen LogP contribution in [0, 0.1) is 0 Å². The molecule has 0 amide bonds. The molecule has 0 saturated heterocycles. The van der Waals surface area contributed by atoms with Gasteiger partial charge in [0.25, 0.3) is 5.88 Å². The number of nitrogens with zero attached hydrogens (tertiary/aromatic N) is 3. The minimum Gasteiger partial charge on any atom is -0.504 e. The highest BCUT2D eigenvalue weighted by molar-refractivity contribution is 5.85. The number of anilines is 1. The molecular formula is C12H12N4O3. The number of hydrogen-bond acceptors (Lipinski definition) is 7. The molecule has 0 fully saturated rings. The average Bonchev–Trinajstić information content (AvgIpc) is 2.44. The van der Waals surface area contributed by atoms with Crippen LogP contribution in [0.5, 0.6) is 17.4 Å². The van der Waals surface area contributed by atoms with Crippen molar-refractivity contribution in [3.63, 3.8) is 0 Å². The van der Waals surface area contributed by atoms with Gasteiger partial charge < -0.3 is 14.9 Å². The molecule has 19 heavy (non-hydrogen) atoms. The Morgan fingerprint density at radius 3 is 2.84 bits per heavy atom. The van der Waals surface area contributed by atoms with Crippen LogP contribution in [0.3, 0.4) is 0 Å². The quantitative estimate of drug-likeness (QED) is 0.436. The van der Waals surface area contributed by atoms with Crippen LogP contribution < -0.4 is 10.2 Å². The fourth-order valence-electron chi connectivity index (χ4n) is 1.37. The van der Waals surface area contributed by atoms with Crippen molar-refractivity contribution in [3.05, 3.63) is 36.2 Å². The van der Waals surface area contributed by atoms with Crippen molar-refractivity contribution in [2.45, 2.75) is 0 Å². The van der Waals surface area contributed by atoms with E-state index in [9.17, 15) is 10.2 Å². The topological polar surface area (TPSA) is 99.9 Å². The van der Waals surface area contributed by atoms with E-state index >= 15 is 0 Å². The summed E-state index contributed by atoms with van der Waals surface area (Å²) in [6.07, 6.45) is 4.34. The number of methoxy groups -OCH3 is 1. The number of aromatic hydroxyl groups is 2. The van der Waals surface area contributed by atoms with Crippen LogP contribution in [-0.2, 0) is 0 Å². The van der Waals surface area contributed by atoms with Gasteiger partial charge in [-0.2, -0.15) is 5.10 Å². The second-order valence-corrected chi connectivity index (χ2v) is 3.50. The fraction of sp³-hybridized carbons (Fsp3) is 0.0833. The van der Waals surface area contributed by atoms with Crippen LogP contribution in [0.15, 0.2) is 35.7 Å². The van der Waals surface area contributed by atoms with Gasteiger partial charge in [0.15, 0.2) is 11.5 Å². The maximum Gasteiger partial charge on any atom is 0.258 e. The standard InChI is InChI=1S/C12H12N4O3/c1-19-12-11(13-5-6-14-12)16-15-7-8-3-2-4-9(17)10(8)18/h2-7,17-18H,1H3,(H,13,16)/b15-7+. The highest BCUT2D eigenvalue weighted by Gasteiger charge is 2.04. The smallest absolute Gasteiger partial charge is 0.258 e. The Bertz CT molecular complexity index is 601. The van der Waals surface area contributed by atoms with Gasteiger partial charge in [0.05, 0.1) is 13.3 Å². The molecule has 2 aromatic rings. The first-order valence-electron chi connectivity index (χ1n) is 5.37. The van der Waals surface area contributed by atoms with Crippen molar-refractivity contribution in [2.24, 2.45) is 5.10 Å². The summed E-state index contributed by atoms with van der Waals surface area (Å²) in [6.45, 7) is 0. The van der Waals surface area contributed by atoms with Gasteiger partial charge in [0.1, 0.15) is 0 Å². The molecule has 0 spiro atoms. The van der Waals surface area contributed by atoms with Crippen molar-refractivity contribution in [3.8, 4) is 17.4 Å². The van der Waals surface area contributed by atoms with Gasteiger partial charge >= 0.3 is 0 Å². The lowest BCUT2D eigenvalue weighted by Crippen LogP contribution is -1.98. The number of benzene rings is 1. The van der Waals surface area contributed by atoms with E-state index in [1.165, 1.54) is 31.8 Å². The predicted molar refractivity (Wildman–Crippen MR) is 69.6 cm³/mol. The second kappa shape index (κ2) is 5.67. The van der Waals surface area contributed by atoms with Gasteiger partial charge in [0, 0.05) is 18.0 Å². The third kappa shape index (κ3) is 2.89. The van der Waals surface area contributed by atoms with Crippen LogP contribution >= 0.6 is 0 Å². The normalized spacial score (nSPS) is 10.6. The molecule has 7 heteroatoms. The molecule has 0 atom stereocenters. The summed E-state index contributed by atoms with van der Waals surface area (Å²) >= 11 is 0. The summed E-state index contributed by atoms with van der Waals surface area (Å²) in [4.78, 5) is 7.94. The van der Waals surface area contributed by atoms with Gasteiger partial charge in [-0.3, -0.25) is 5.43 Å². The lowest BCUT2D eigenvalue weighted by Gasteiger charge is -2.04. The molecule has 98 valence electrons. The van der Waals surface area contributed by atoms with E-state index in [0.717, 1.165) is 0 Å². The molecule has 0 aliphatic heterocycles. The molecular weight excluding hydrogens is 248 g/mol. The van der Waals surface area contributed by atoms with E-state index in [1.807, 2.05) is 0 Å². The molecule has 3 N–H and O–H groups in total. The van der Waals surface area contributed by atoms with Crippen molar-refractivity contribution in [1.29, 1.82) is 0 Å². The van der Waals surface area contributed by atoms with E-state index in [0.29, 0.717) is 17.3 Å². The van der Waals surface area contributed by atoms with Crippen LogP contribution in [-0.4, -0.2) is 33.5 Å².